The summed E-state index contributed by atoms with van der Waals surface area (Å²) in [5, 5.41) is 0.989. The van der Waals surface area contributed by atoms with Crippen LogP contribution >= 0.6 is 11.8 Å². The Bertz CT molecular complexity index is 678. The van der Waals surface area contributed by atoms with Gasteiger partial charge in [0.2, 0.25) is 0 Å². The monoisotopic (exact) mass is 300 g/mol. The minimum absolute atomic E-state index is 0.152. The van der Waals surface area contributed by atoms with Gasteiger partial charge < -0.3 is 4.90 Å². The zero-order valence-corrected chi connectivity index (χ0v) is 13.4. The average Bonchev–Trinajstić information content (AvgIpc) is 2.53. The van der Waals surface area contributed by atoms with Crippen LogP contribution in [0, 0.1) is 6.92 Å². The van der Waals surface area contributed by atoms with E-state index in [4.69, 9.17) is 0 Å². The lowest BCUT2D eigenvalue weighted by Gasteiger charge is -2.27. The molecule has 3 nitrogen and oxygen atoms in total. The number of hydrogen-bond acceptors (Lipinski definition) is 3. The lowest BCUT2D eigenvalue weighted by molar-refractivity contribution is 0.0774. The first-order valence-corrected chi connectivity index (χ1v) is 8.62. The molecular weight excluding hydrogens is 280 g/mol. The van der Waals surface area contributed by atoms with E-state index in [0.29, 0.717) is 0 Å². The van der Waals surface area contributed by atoms with Crippen LogP contribution in [0.25, 0.3) is 10.9 Å². The largest absolute Gasteiger partial charge is 0.337 e. The summed E-state index contributed by atoms with van der Waals surface area (Å²) >= 11 is 1.92. The maximum absolute atomic E-state index is 12.9. The van der Waals surface area contributed by atoms with Gasteiger partial charge in [-0.1, -0.05) is 13.0 Å². The molecule has 0 unspecified atom stereocenters. The highest BCUT2D eigenvalue weighted by molar-refractivity contribution is 7.99. The quantitative estimate of drug-likeness (QED) is 0.853. The molecule has 0 N–H and O–H groups in total. The van der Waals surface area contributed by atoms with Crippen LogP contribution in [0.15, 0.2) is 24.3 Å². The van der Waals surface area contributed by atoms with Gasteiger partial charge in [0.25, 0.3) is 5.91 Å². The number of aryl methyl sites for hydroxylation is 2. The van der Waals surface area contributed by atoms with Crippen LogP contribution in [-0.2, 0) is 6.42 Å². The number of nitrogens with zero attached hydrogens (tertiary/aromatic N) is 2. The Morgan fingerprint density at radius 2 is 2.05 bits per heavy atom. The summed E-state index contributed by atoms with van der Waals surface area (Å²) in [6.45, 7) is 5.78. The van der Waals surface area contributed by atoms with Gasteiger partial charge in [0.05, 0.1) is 11.1 Å². The van der Waals surface area contributed by atoms with Crippen LogP contribution in [0.2, 0.25) is 0 Å². The van der Waals surface area contributed by atoms with E-state index >= 15 is 0 Å². The maximum atomic E-state index is 12.9. The molecule has 110 valence electrons. The fraction of sp³-hybridized carbons (Fsp3) is 0.412. The molecule has 1 aliphatic rings. The summed E-state index contributed by atoms with van der Waals surface area (Å²) < 4.78 is 0. The highest BCUT2D eigenvalue weighted by atomic mass is 32.2. The number of hydrogen-bond donors (Lipinski definition) is 0. The van der Waals surface area contributed by atoms with E-state index in [-0.39, 0.29) is 5.91 Å². The summed E-state index contributed by atoms with van der Waals surface area (Å²) in [6.07, 6.45) is 0.970. The van der Waals surface area contributed by atoms with E-state index in [1.807, 2.05) is 35.7 Å². The van der Waals surface area contributed by atoms with Crippen LogP contribution in [-0.4, -0.2) is 40.4 Å². The van der Waals surface area contributed by atoms with Gasteiger partial charge in [0.15, 0.2) is 0 Å². The molecule has 2 aromatic rings. The second kappa shape index (κ2) is 6.06. The summed E-state index contributed by atoms with van der Waals surface area (Å²) in [5.74, 6) is 2.22. The highest BCUT2D eigenvalue weighted by Crippen LogP contribution is 2.23. The molecule has 21 heavy (non-hydrogen) atoms. The Labute approximate surface area is 129 Å². The lowest BCUT2D eigenvalue weighted by atomic mass is 10.0. The fourth-order valence-corrected chi connectivity index (χ4v) is 3.64. The molecule has 2 heterocycles. The first-order chi connectivity index (χ1) is 10.2. The van der Waals surface area contributed by atoms with Crippen molar-refractivity contribution in [2.24, 2.45) is 0 Å². The van der Waals surface area contributed by atoms with E-state index in [1.165, 1.54) is 5.56 Å². The third kappa shape index (κ3) is 2.91. The molecule has 4 heteroatoms. The molecule has 0 radical (unpaired) electrons. The van der Waals surface area contributed by atoms with Crippen molar-refractivity contribution in [3.63, 3.8) is 0 Å². The third-order valence-corrected chi connectivity index (χ3v) is 4.88. The fourth-order valence-electron chi connectivity index (χ4n) is 2.74. The zero-order valence-electron chi connectivity index (χ0n) is 12.6. The molecule has 3 rings (SSSR count). The van der Waals surface area contributed by atoms with Gasteiger partial charge in [-0.05, 0) is 37.1 Å². The molecule has 0 atom stereocenters. The van der Waals surface area contributed by atoms with E-state index in [2.05, 4.69) is 24.0 Å². The van der Waals surface area contributed by atoms with Crippen LogP contribution in [0.5, 0.6) is 0 Å². The van der Waals surface area contributed by atoms with Gasteiger partial charge in [0, 0.05) is 35.7 Å². The van der Waals surface area contributed by atoms with Gasteiger partial charge >= 0.3 is 0 Å². The van der Waals surface area contributed by atoms with E-state index < -0.39 is 0 Å². The van der Waals surface area contributed by atoms with E-state index in [1.54, 1.807) is 0 Å². The van der Waals surface area contributed by atoms with Crippen molar-refractivity contribution in [3.05, 3.63) is 41.1 Å². The highest BCUT2D eigenvalue weighted by Gasteiger charge is 2.21. The minimum Gasteiger partial charge on any atom is -0.337 e. The first kappa shape index (κ1) is 14.4. The van der Waals surface area contributed by atoms with Crippen LogP contribution in [0.3, 0.4) is 0 Å². The summed E-state index contributed by atoms with van der Waals surface area (Å²) in [5.41, 5.74) is 3.87. The maximum Gasteiger partial charge on any atom is 0.254 e. The SMILES string of the molecule is CCc1ccc2nc(C)cc(C(=O)N3CCSCC3)c2c1. The second-order valence-electron chi connectivity index (χ2n) is 5.42. The molecule has 1 saturated heterocycles. The molecule has 1 aromatic heterocycles. The Hall–Kier alpha value is -1.55. The predicted molar refractivity (Wildman–Crippen MR) is 89.1 cm³/mol. The van der Waals surface area contributed by atoms with Crippen molar-refractivity contribution in [2.45, 2.75) is 20.3 Å². The van der Waals surface area contributed by atoms with Crippen molar-refractivity contribution in [1.29, 1.82) is 0 Å². The number of benzene rings is 1. The van der Waals surface area contributed by atoms with Gasteiger partial charge in [0.1, 0.15) is 0 Å². The molecule has 0 spiro atoms. The third-order valence-electron chi connectivity index (χ3n) is 3.94. The molecule has 1 aromatic carbocycles. The molecular formula is C17H20N2OS. The van der Waals surface area contributed by atoms with Crippen LogP contribution < -0.4 is 0 Å². The van der Waals surface area contributed by atoms with Crippen molar-refractivity contribution >= 4 is 28.6 Å². The van der Waals surface area contributed by atoms with Crippen molar-refractivity contribution in [3.8, 4) is 0 Å². The van der Waals surface area contributed by atoms with Crippen molar-refractivity contribution in [2.75, 3.05) is 24.6 Å². The number of carbonyl (C=O) groups is 1. The number of fused-ring (bicyclic) bond motifs is 1. The van der Waals surface area contributed by atoms with Crippen molar-refractivity contribution < 1.29 is 4.79 Å². The second-order valence-corrected chi connectivity index (χ2v) is 6.65. The van der Waals surface area contributed by atoms with Crippen LogP contribution in [0.4, 0.5) is 0 Å². The molecule has 1 aliphatic heterocycles. The number of carbonyl (C=O) groups excluding carboxylic acids is 1. The summed E-state index contributed by atoms with van der Waals surface area (Å²) in [6, 6.07) is 8.18. The Balaban J connectivity index is 2.08. The van der Waals surface area contributed by atoms with Gasteiger partial charge in [-0.3, -0.25) is 9.78 Å². The summed E-state index contributed by atoms with van der Waals surface area (Å²) in [4.78, 5) is 19.4. The number of pyridine rings is 1. The number of aromatic nitrogens is 1. The van der Waals surface area contributed by atoms with Gasteiger partial charge in [-0.25, -0.2) is 0 Å². The number of rotatable bonds is 2. The molecule has 0 aliphatic carbocycles. The zero-order chi connectivity index (χ0) is 14.8. The molecule has 1 amide bonds. The summed E-state index contributed by atoms with van der Waals surface area (Å²) in [7, 11) is 0. The average molecular weight is 300 g/mol. The number of thioether (sulfide) groups is 1. The number of amides is 1. The van der Waals surface area contributed by atoms with Crippen LogP contribution in [0.1, 0.15) is 28.5 Å². The molecule has 0 bridgehead atoms. The Kier molecular flexibility index (Phi) is 4.15. The lowest BCUT2D eigenvalue weighted by Crippen LogP contribution is -2.38. The Morgan fingerprint density at radius 3 is 2.76 bits per heavy atom. The van der Waals surface area contributed by atoms with E-state index in [9.17, 15) is 4.79 Å². The van der Waals surface area contributed by atoms with Gasteiger partial charge in [-0.15, -0.1) is 0 Å². The van der Waals surface area contributed by atoms with E-state index in [0.717, 1.165) is 53.2 Å². The first-order valence-electron chi connectivity index (χ1n) is 7.46. The molecule has 0 saturated carbocycles. The topological polar surface area (TPSA) is 33.2 Å². The normalized spacial score (nSPS) is 15.4. The standard InChI is InChI=1S/C17H20N2OS/c1-3-13-4-5-16-14(11-13)15(10-12(2)18-16)17(20)19-6-8-21-9-7-19/h4-5,10-11H,3,6-9H2,1-2H3. The molecule has 1 fully saturated rings. The predicted octanol–water partition coefficient (Wildman–Crippen LogP) is 3.29. The van der Waals surface area contributed by atoms with Crippen molar-refractivity contribution in [1.82, 2.24) is 9.88 Å². The minimum atomic E-state index is 0.152. The smallest absolute Gasteiger partial charge is 0.254 e. The van der Waals surface area contributed by atoms with Gasteiger partial charge in [-0.2, -0.15) is 11.8 Å². The Morgan fingerprint density at radius 1 is 1.29 bits per heavy atom.